The number of hydrogen-bond donors (Lipinski definition) is 2. The monoisotopic (exact) mass is 429 g/mol. The fourth-order valence-electron chi connectivity index (χ4n) is 5.23. The topological polar surface area (TPSA) is 78.2 Å². The molecule has 3 aromatic rings. The van der Waals surface area contributed by atoms with Crippen LogP contribution < -0.4 is 5.73 Å². The Kier molecular flexibility index (Phi) is 5.70. The molecule has 1 fully saturated rings. The molecule has 166 valence electrons. The second-order valence-corrected chi connectivity index (χ2v) is 9.07. The normalized spacial score (nSPS) is 18.2. The number of para-hydroxylation sites is 1. The number of nitrogens with one attached hydrogen (secondary N) is 1. The van der Waals surface area contributed by atoms with Crippen LogP contribution in [0.4, 0.5) is 5.82 Å². The number of nitrogens with two attached hydrogens (primary N) is 1. The van der Waals surface area contributed by atoms with Gasteiger partial charge in [0.05, 0.1) is 0 Å². The lowest BCUT2D eigenvalue weighted by atomic mass is 9.92. The van der Waals surface area contributed by atoms with Gasteiger partial charge in [-0.25, -0.2) is 4.98 Å². The van der Waals surface area contributed by atoms with Crippen LogP contribution in [-0.2, 0) is 11.3 Å². The summed E-state index contributed by atoms with van der Waals surface area (Å²) in [4.78, 5) is 25.2. The second kappa shape index (κ2) is 8.79. The van der Waals surface area contributed by atoms with Crippen LogP contribution in [0, 0.1) is 12.8 Å². The number of carbonyl (C=O) groups is 1. The molecular weight excluding hydrogens is 398 g/mol. The fourth-order valence-corrected chi connectivity index (χ4v) is 5.23. The summed E-state index contributed by atoms with van der Waals surface area (Å²) in [5, 5.41) is 1.28. The van der Waals surface area contributed by atoms with E-state index in [1.54, 1.807) is 6.20 Å². The number of fused-ring (bicyclic) bond motifs is 1. The first-order valence-electron chi connectivity index (χ1n) is 11.6. The molecule has 0 radical (unpaired) electrons. The first-order chi connectivity index (χ1) is 15.6. The highest BCUT2D eigenvalue weighted by atomic mass is 16.2. The Balaban J connectivity index is 1.19. The highest BCUT2D eigenvalue weighted by Gasteiger charge is 2.29. The van der Waals surface area contributed by atoms with Crippen LogP contribution in [0.1, 0.15) is 36.1 Å². The standard InChI is InChI=1S/C26H31N5O/c1-18-25(22-4-2-3-5-23(22)29-18)20-9-14-31(15-10-20)26(32)21-7-12-30(13-8-21)17-19-6-11-28-24(27)16-19/h2-6,9,11,16,21,29H,7-8,10,12-15,17H2,1H3,(H2,27,28). The molecule has 0 atom stereocenters. The molecule has 5 rings (SSSR count). The summed E-state index contributed by atoms with van der Waals surface area (Å²) in [5.41, 5.74) is 12.0. The van der Waals surface area contributed by atoms with Crippen LogP contribution in [0.15, 0.2) is 48.7 Å². The number of rotatable bonds is 4. The molecule has 1 amide bonds. The van der Waals surface area contributed by atoms with E-state index in [0.717, 1.165) is 45.4 Å². The van der Waals surface area contributed by atoms with Gasteiger partial charge in [-0.15, -0.1) is 0 Å². The van der Waals surface area contributed by atoms with E-state index in [9.17, 15) is 4.79 Å². The van der Waals surface area contributed by atoms with Crippen molar-refractivity contribution in [3.05, 3.63) is 65.5 Å². The van der Waals surface area contributed by atoms with Crippen molar-refractivity contribution < 1.29 is 4.79 Å². The van der Waals surface area contributed by atoms with E-state index in [1.165, 1.54) is 33.3 Å². The van der Waals surface area contributed by atoms with E-state index in [0.29, 0.717) is 18.3 Å². The van der Waals surface area contributed by atoms with E-state index in [1.807, 2.05) is 12.1 Å². The van der Waals surface area contributed by atoms with Crippen LogP contribution in [0.5, 0.6) is 0 Å². The zero-order valence-electron chi connectivity index (χ0n) is 18.7. The van der Waals surface area contributed by atoms with E-state index in [2.05, 4.69) is 57.0 Å². The van der Waals surface area contributed by atoms with Gasteiger partial charge in [-0.1, -0.05) is 24.3 Å². The van der Waals surface area contributed by atoms with Gasteiger partial charge in [0.15, 0.2) is 0 Å². The summed E-state index contributed by atoms with van der Waals surface area (Å²) < 4.78 is 0. The molecule has 0 bridgehead atoms. The first-order valence-corrected chi connectivity index (χ1v) is 11.6. The number of benzene rings is 1. The maximum atomic E-state index is 13.2. The van der Waals surface area contributed by atoms with Gasteiger partial charge in [0, 0.05) is 53.9 Å². The van der Waals surface area contributed by atoms with E-state index >= 15 is 0 Å². The third kappa shape index (κ3) is 4.15. The number of aromatic amines is 1. The van der Waals surface area contributed by atoms with Crippen LogP contribution in [-0.4, -0.2) is 51.9 Å². The molecule has 0 saturated carbocycles. The number of nitrogen functional groups attached to an aromatic ring is 1. The van der Waals surface area contributed by atoms with Gasteiger partial charge < -0.3 is 15.6 Å². The number of nitrogens with zero attached hydrogens (tertiary/aromatic N) is 3. The SMILES string of the molecule is Cc1[nH]c2ccccc2c1C1=CCN(C(=O)C2CCN(Cc3ccnc(N)c3)CC2)CC1. The lowest BCUT2D eigenvalue weighted by Gasteiger charge is -2.35. The molecule has 3 N–H and O–H groups in total. The lowest BCUT2D eigenvalue weighted by Crippen LogP contribution is -2.43. The lowest BCUT2D eigenvalue weighted by molar-refractivity contribution is -0.136. The number of piperidine rings is 1. The Labute approximate surface area is 189 Å². The van der Waals surface area contributed by atoms with Gasteiger partial charge in [0.1, 0.15) is 5.82 Å². The molecule has 2 aliphatic rings. The van der Waals surface area contributed by atoms with Crippen LogP contribution in [0.3, 0.4) is 0 Å². The van der Waals surface area contributed by atoms with Gasteiger partial charge in [-0.05, 0) is 68.6 Å². The number of aromatic nitrogens is 2. The Morgan fingerprint density at radius 1 is 1.19 bits per heavy atom. The molecule has 1 saturated heterocycles. The van der Waals surface area contributed by atoms with Crippen molar-refractivity contribution in [2.75, 3.05) is 31.9 Å². The smallest absolute Gasteiger partial charge is 0.226 e. The minimum Gasteiger partial charge on any atom is -0.384 e. The maximum Gasteiger partial charge on any atom is 0.226 e. The molecule has 6 nitrogen and oxygen atoms in total. The summed E-state index contributed by atoms with van der Waals surface area (Å²) in [6, 6.07) is 12.4. The summed E-state index contributed by atoms with van der Waals surface area (Å²) in [6.07, 6.45) is 6.78. The predicted molar refractivity (Wildman–Crippen MR) is 129 cm³/mol. The van der Waals surface area contributed by atoms with Crippen molar-refractivity contribution in [2.45, 2.75) is 32.7 Å². The van der Waals surface area contributed by atoms with Gasteiger partial charge >= 0.3 is 0 Å². The number of amides is 1. The molecule has 0 unspecified atom stereocenters. The Morgan fingerprint density at radius 2 is 2.00 bits per heavy atom. The largest absolute Gasteiger partial charge is 0.384 e. The van der Waals surface area contributed by atoms with Gasteiger partial charge in [-0.3, -0.25) is 9.69 Å². The Morgan fingerprint density at radius 3 is 2.75 bits per heavy atom. The highest BCUT2D eigenvalue weighted by Crippen LogP contribution is 2.33. The number of hydrogen-bond acceptors (Lipinski definition) is 4. The third-order valence-electron chi connectivity index (χ3n) is 6.92. The average molecular weight is 430 g/mol. The molecule has 0 spiro atoms. The minimum atomic E-state index is 0.138. The van der Waals surface area contributed by atoms with E-state index in [-0.39, 0.29) is 5.92 Å². The number of aryl methyl sites for hydroxylation is 1. The van der Waals surface area contributed by atoms with Crippen molar-refractivity contribution in [1.29, 1.82) is 0 Å². The highest BCUT2D eigenvalue weighted by molar-refractivity contribution is 5.94. The summed E-state index contributed by atoms with van der Waals surface area (Å²) in [6.45, 7) is 6.42. The number of likely N-dealkylation sites (tertiary alicyclic amines) is 1. The molecular formula is C26H31N5O. The van der Waals surface area contributed by atoms with Gasteiger partial charge in [-0.2, -0.15) is 0 Å². The Hall–Kier alpha value is -3.12. The maximum absolute atomic E-state index is 13.2. The predicted octanol–water partition coefficient (Wildman–Crippen LogP) is 3.98. The van der Waals surface area contributed by atoms with E-state index < -0.39 is 0 Å². The zero-order valence-corrected chi connectivity index (χ0v) is 18.7. The molecule has 0 aliphatic carbocycles. The van der Waals surface area contributed by atoms with Crippen LogP contribution >= 0.6 is 0 Å². The fraction of sp³-hybridized carbons (Fsp3) is 0.385. The summed E-state index contributed by atoms with van der Waals surface area (Å²) in [5.74, 6) is 1.02. The van der Waals surface area contributed by atoms with Crippen LogP contribution in [0.25, 0.3) is 16.5 Å². The molecule has 32 heavy (non-hydrogen) atoms. The minimum absolute atomic E-state index is 0.138. The summed E-state index contributed by atoms with van der Waals surface area (Å²) in [7, 11) is 0. The van der Waals surface area contributed by atoms with E-state index in [4.69, 9.17) is 5.73 Å². The number of H-pyrrole nitrogens is 1. The zero-order chi connectivity index (χ0) is 22.1. The second-order valence-electron chi connectivity index (χ2n) is 9.07. The third-order valence-corrected chi connectivity index (χ3v) is 6.92. The van der Waals surface area contributed by atoms with Crippen molar-refractivity contribution in [2.24, 2.45) is 5.92 Å². The molecule has 6 heteroatoms. The number of pyridine rings is 1. The average Bonchev–Trinajstić information content (AvgIpc) is 3.15. The first kappa shape index (κ1) is 20.8. The molecule has 1 aromatic carbocycles. The molecule has 2 aliphatic heterocycles. The molecule has 2 aromatic heterocycles. The van der Waals surface area contributed by atoms with Gasteiger partial charge in [0.2, 0.25) is 5.91 Å². The van der Waals surface area contributed by atoms with Crippen LogP contribution in [0.2, 0.25) is 0 Å². The quantitative estimate of drug-likeness (QED) is 0.658. The van der Waals surface area contributed by atoms with Gasteiger partial charge in [0.25, 0.3) is 0 Å². The van der Waals surface area contributed by atoms with Crippen molar-refractivity contribution in [1.82, 2.24) is 19.8 Å². The Bertz CT molecular complexity index is 1160. The van der Waals surface area contributed by atoms with Crippen molar-refractivity contribution in [3.63, 3.8) is 0 Å². The summed E-state index contributed by atoms with van der Waals surface area (Å²) >= 11 is 0. The molecule has 4 heterocycles. The number of carbonyl (C=O) groups excluding carboxylic acids is 1. The van der Waals surface area contributed by atoms with Crippen molar-refractivity contribution in [3.8, 4) is 0 Å². The number of anilines is 1. The van der Waals surface area contributed by atoms with Crippen molar-refractivity contribution >= 4 is 28.2 Å².